The minimum absolute atomic E-state index is 0.0342. The second-order valence-electron chi connectivity index (χ2n) is 5.65. The van der Waals surface area contributed by atoms with Crippen LogP contribution in [0.4, 0.5) is 0 Å². The van der Waals surface area contributed by atoms with E-state index in [-0.39, 0.29) is 17.7 Å². The Kier molecular flexibility index (Phi) is 4.59. The molecule has 0 spiro atoms. The molecule has 0 saturated carbocycles. The zero-order valence-electron chi connectivity index (χ0n) is 13.0. The number of rotatable bonds is 5. The zero-order chi connectivity index (χ0) is 15.6. The molecule has 0 radical (unpaired) electrons. The van der Waals surface area contributed by atoms with E-state index in [1.807, 2.05) is 20.8 Å². The van der Waals surface area contributed by atoms with Gasteiger partial charge in [0, 0.05) is 13.2 Å². The summed E-state index contributed by atoms with van der Waals surface area (Å²) in [4.78, 5) is 26.6. The van der Waals surface area contributed by atoms with E-state index in [9.17, 15) is 9.59 Å². The van der Waals surface area contributed by atoms with Crippen LogP contribution in [-0.4, -0.2) is 43.8 Å². The lowest BCUT2D eigenvalue weighted by Gasteiger charge is -2.40. The van der Waals surface area contributed by atoms with Crippen LogP contribution in [0.1, 0.15) is 39.3 Å². The Hall–Kier alpha value is -1.92. The second-order valence-corrected chi connectivity index (χ2v) is 5.65. The molecule has 1 fully saturated rings. The Balaban J connectivity index is 2.28. The van der Waals surface area contributed by atoms with Crippen LogP contribution in [0.15, 0.2) is 6.20 Å². The molecule has 1 aliphatic rings. The van der Waals surface area contributed by atoms with E-state index in [1.165, 1.54) is 0 Å². The quantitative estimate of drug-likeness (QED) is 0.855. The fourth-order valence-electron chi connectivity index (χ4n) is 2.68. The summed E-state index contributed by atoms with van der Waals surface area (Å²) in [5.74, 6) is -0.00355. The van der Waals surface area contributed by atoms with Gasteiger partial charge in [-0.05, 0) is 12.3 Å². The number of aromatic nitrogens is 3. The number of carbonyl (C=O) groups is 2. The van der Waals surface area contributed by atoms with E-state index >= 15 is 0 Å². The Morgan fingerprint density at radius 2 is 2.10 bits per heavy atom. The minimum atomic E-state index is -0.438. The summed E-state index contributed by atoms with van der Waals surface area (Å²) >= 11 is 0. The van der Waals surface area contributed by atoms with Crippen molar-refractivity contribution in [2.75, 3.05) is 0 Å². The van der Waals surface area contributed by atoms with Crippen molar-refractivity contribution in [2.24, 2.45) is 13.0 Å². The van der Waals surface area contributed by atoms with Crippen LogP contribution in [0.5, 0.6) is 0 Å². The summed E-state index contributed by atoms with van der Waals surface area (Å²) in [7, 11) is 1.78. The lowest BCUT2D eigenvalue weighted by Crippen LogP contribution is -2.64. The Morgan fingerprint density at radius 1 is 1.38 bits per heavy atom. The molecule has 7 nitrogen and oxygen atoms in total. The van der Waals surface area contributed by atoms with Gasteiger partial charge in [0.15, 0.2) is 0 Å². The smallest absolute Gasteiger partial charge is 0.246 e. The number of hydrogen-bond acceptors (Lipinski definition) is 4. The predicted molar refractivity (Wildman–Crippen MR) is 77.0 cm³/mol. The van der Waals surface area contributed by atoms with Gasteiger partial charge >= 0.3 is 0 Å². The Morgan fingerprint density at radius 3 is 2.62 bits per heavy atom. The average Bonchev–Trinajstić information content (AvgIpc) is 2.87. The van der Waals surface area contributed by atoms with E-state index in [4.69, 9.17) is 0 Å². The number of nitrogens with zero attached hydrogens (tertiary/aromatic N) is 4. The molecule has 2 rings (SSSR count). The van der Waals surface area contributed by atoms with Gasteiger partial charge in [-0.3, -0.25) is 14.3 Å². The summed E-state index contributed by atoms with van der Waals surface area (Å²) in [5, 5.41) is 10.7. The Bertz CT molecular complexity index is 527. The lowest BCUT2D eigenvalue weighted by atomic mass is 9.92. The summed E-state index contributed by atoms with van der Waals surface area (Å²) < 4.78 is 1.60. The molecule has 1 aliphatic heterocycles. The molecule has 116 valence electrons. The van der Waals surface area contributed by atoms with Gasteiger partial charge in [-0.1, -0.05) is 32.4 Å². The topological polar surface area (TPSA) is 80.1 Å². The first-order chi connectivity index (χ1) is 9.97. The standard InChI is InChI=1S/C14H23N5O2/c1-5-9(3)12-13(20)15-11(6-2)14(21)19(12)8-10-7-18(4)17-16-10/h7,9,11-12H,5-6,8H2,1-4H3,(H,15,20). The molecule has 3 atom stereocenters. The van der Waals surface area contributed by atoms with Gasteiger partial charge in [-0.2, -0.15) is 0 Å². The number of nitrogens with one attached hydrogen (secondary N) is 1. The van der Waals surface area contributed by atoms with Crippen LogP contribution in [-0.2, 0) is 23.2 Å². The third-order valence-corrected chi connectivity index (χ3v) is 4.08. The van der Waals surface area contributed by atoms with Gasteiger partial charge in [-0.15, -0.1) is 5.10 Å². The van der Waals surface area contributed by atoms with Crippen LogP contribution in [0.25, 0.3) is 0 Å². The molecule has 0 aliphatic carbocycles. The molecule has 0 bridgehead atoms. The molecule has 1 N–H and O–H groups in total. The fourth-order valence-corrected chi connectivity index (χ4v) is 2.68. The van der Waals surface area contributed by atoms with Crippen molar-refractivity contribution in [1.29, 1.82) is 0 Å². The zero-order valence-corrected chi connectivity index (χ0v) is 13.0. The molecule has 1 aromatic rings. The van der Waals surface area contributed by atoms with Crippen molar-refractivity contribution in [2.45, 2.75) is 52.2 Å². The molecule has 0 aromatic carbocycles. The van der Waals surface area contributed by atoms with E-state index in [2.05, 4.69) is 15.6 Å². The van der Waals surface area contributed by atoms with Gasteiger partial charge in [0.05, 0.1) is 6.54 Å². The highest BCUT2D eigenvalue weighted by Gasteiger charge is 2.42. The number of carbonyl (C=O) groups excluding carboxylic acids is 2. The number of piperazine rings is 1. The van der Waals surface area contributed by atoms with Crippen molar-refractivity contribution < 1.29 is 9.59 Å². The number of amides is 2. The van der Waals surface area contributed by atoms with Crippen LogP contribution < -0.4 is 5.32 Å². The monoisotopic (exact) mass is 293 g/mol. The van der Waals surface area contributed by atoms with E-state index in [0.29, 0.717) is 18.7 Å². The van der Waals surface area contributed by atoms with Crippen molar-refractivity contribution in [3.63, 3.8) is 0 Å². The molecular formula is C14H23N5O2. The van der Waals surface area contributed by atoms with Crippen LogP contribution in [0.3, 0.4) is 0 Å². The molecule has 2 amide bonds. The lowest BCUT2D eigenvalue weighted by molar-refractivity contribution is -0.152. The molecule has 7 heteroatoms. The second kappa shape index (κ2) is 6.24. The first kappa shape index (κ1) is 15.5. The Labute approximate surface area is 124 Å². The number of aryl methyl sites for hydroxylation is 1. The maximum Gasteiger partial charge on any atom is 0.246 e. The van der Waals surface area contributed by atoms with Gasteiger partial charge < -0.3 is 10.2 Å². The maximum atomic E-state index is 12.6. The first-order valence-corrected chi connectivity index (χ1v) is 7.43. The first-order valence-electron chi connectivity index (χ1n) is 7.43. The highest BCUT2D eigenvalue weighted by molar-refractivity contribution is 5.97. The van der Waals surface area contributed by atoms with Crippen LogP contribution >= 0.6 is 0 Å². The molecule has 3 unspecified atom stereocenters. The predicted octanol–water partition coefficient (Wildman–Crippen LogP) is 0.467. The highest BCUT2D eigenvalue weighted by Crippen LogP contribution is 2.22. The van der Waals surface area contributed by atoms with Crippen molar-refractivity contribution in [3.05, 3.63) is 11.9 Å². The van der Waals surface area contributed by atoms with Crippen molar-refractivity contribution in [3.8, 4) is 0 Å². The van der Waals surface area contributed by atoms with Gasteiger partial charge in [0.1, 0.15) is 17.8 Å². The fraction of sp³-hybridized carbons (Fsp3) is 0.714. The third kappa shape index (κ3) is 3.06. The molecular weight excluding hydrogens is 270 g/mol. The normalized spacial score (nSPS) is 24.1. The molecule has 21 heavy (non-hydrogen) atoms. The third-order valence-electron chi connectivity index (χ3n) is 4.08. The summed E-state index contributed by atoms with van der Waals surface area (Å²) in [6.45, 7) is 6.24. The summed E-state index contributed by atoms with van der Waals surface area (Å²) in [5.41, 5.74) is 0.698. The SMILES string of the molecule is CCC1NC(=O)C(C(C)CC)N(Cc2cn(C)nn2)C1=O. The van der Waals surface area contributed by atoms with Crippen molar-refractivity contribution in [1.82, 2.24) is 25.2 Å². The molecule has 1 aromatic heterocycles. The van der Waals surface area contributed by atoms with Crippen LogP contribution in [0.2, 0.25) is 0 Å². The molecule has 1 saturated heterocycles. The van der Waals surface area contributed by atoms with Gasteiger partial charge in [0.2, 0.25) is 11.8 Å². The van der Waals surface area contributed by atoms with Crippen molar-refractivity contribution >= 4 is 11.8 Å². The van der Waals surface area contributed by atoms with Gasteiger partial charge in [-0.25, -0.2) is 0 Å². The summed E-state index contributed by atoms with van der Waals surface area (Å²) in [6, 6.07) is -0.873. The minimum Gasteiger partial charge on any atom is -0.343 e. The number of hydrogen-bond donors (Lipinski definition) is 1. The molecule has 2 heterocycles. The van der Waals surface area contributed by atoms with Gasteiger partial charge in [0.25, 0.3) is 0 Å². The largest absolute Gasteiger partial charge is 0.343 e. The van der Waals surface area contributed by atoms with E-state index < -0.39 is 12.1 Å². The average molecular weight is 293 g/mol. The summed E-state index contributed by atoms with van der Waals surface area (Å²) in [6.07, 6.45) is 3.20. The van der Waals surface area contributed by atoms with E-state index in [0.717, 1.165) is 6.42 Å². The highest BCUT2D eigenvalue weighted by atomic mass is 16.2. The van der Waals surface area contributed by atoms with Crippen LogP contribution in [0, 0.1) is 5.92 Å². The van der Waals surface area contributed by atoms with E-state index in [1.54, 1.807) is 22.8 Å². The maximum absolute atomic E-state index is 12.6.